The zero-order chi connectivity index (χ0) is 16.8. The molecule has 0 bridgehead atoms. The minimum absolute atomic E-state index is 1.18. The number of allylic oxidation sites excluding steroid dienone is 1. The van der Waals surface area contributed by atoms with Gasteiger partial charge in [-0.2, -0.15) is 0 Å². The van der Waals surface area contributed by atoms with Gasteiger partial charge in [0.05, 0.1) is 0 Å². The summed E-state index contributed by atoms with van der Waals surface area (Å²) in [4.78, 5) is 0. The number of hydrogen-bond donors (Lipinski definition) is 0. The van der Waals surface area contributed by atoms with E-state index in [2.05, 4.69) is 19.6 Å². The van der Waals surface area contributed by atoms with Gasteiger partial charge in [0.15, 0.2) is 0 Å². The average molecular weight is 337 g/mol. The van der Waals surface area contributed by atoms with Gasteiger partial charge >= 0.3 is 0 Å². The van der Waals surface area contributed by atoms with Crippen LogP contribution in [0.1, 0.15) is 116 Å². The average Bonchev–Trinajstić information content (AvgIpc) is 2.57. The maximum Gasteiger partial charge on any atom is 0.0381 e. The summed E-state index contributed by atoms with van der Waals surface area (Å²) in [5.41, 5.74) is 0. The molecule has 0 aromatic heterocycles. The molecule has 0 heterocycles. The van der Waals surface area contributed by atoms with Crippen molar-refractivity contribution in [2.45, 2.75) is 128 Å². The van der Waals surface area contributed by atoms with Crippen molar-refractivity contribution in [1.82, 2.24) is 0 Å². The van der Waals surface area contributed by atoms with Crippen LogP contribution >= 0.6 is 0 Å². The lowest BCUT2D eigenvalue weighted by Gasteiger charge is -2.03. The topological polar surface area (TPSA) is 0 Å². The van der Waals surface area contributed by atoms with E-state index in [-0.39, 0.29) is 0 Å². The summed E-state index contributed by atoms with van der Waals surface area (Å²) in [6, 6.07) is 2.84. The van der Waals surface area contributed by atoms with Gasteiger partial charge in [-0.15, -0.1) is 6.58 Å². The number of rotatable bonds is 20. The van der Waals surface area contributed by atoms with E-state index >= 15 is 0 Å². The molecular weight excluding hydrogens is 292 g/mol. The molecule has 0 amide bonds. The Balaban J connectivity index is 2.93. The van der Waals surface area contributed by atoms with Gasteiger partial charge in [0, 0.05) is 9.52 Å². The first-order chi connectivity index (χ1) is 11.4. The second kappa shape index (κ2) is 22.0. The molecule has 0 rings (SSSR count). The van der Waals surface area contributed by atoms with Crippen LogP contribution in [0.2, 0.25) is 12.1 Å². The van der Waals surface area contributed by atoms with Crippen molar-refractivity contribution in [2.24, 2.45) is 0 Å². The van der Waals surface area contributed by atoms with E-state index in [9.17, 15) is 0 Å². The Kier molecular flexibility index (Phi) is 21.9. The van der Waals surface area contributed by atoms with Crippen molar-refractivity contribution >= 4 is 9.52 Å². The molecule has 0 saturated heterocycles. The van der Waals surface area contributed by atoms with Crippen molar-refractivity contribution in [1.29, 1.82) is 0 Å². The Hall–Kier alpha value is -0.0431. The van der Waals surface area contributed by atoms with Crippen LogP contribution in [-0.2, 0) is 0 Å². The Morgan fingerprint density at radius 1 is 0.565 bits per heavy atom. The summed E-state index contributed by atoms with van der Waals surface area (Å²) >= 11 is 0. The summed E-state index contributed by atoms with van der Waals surface area (Å²) in [6.45, 7) is 6.08. The second-order valence-corrected chi connectivity index (χ2v) is 8.63. The van der Waals surface area contributed by atoms with Gasteiger partial charge in [-0.05, 0) is 6.42 Å². The molecule has 0 unspecified atom stereocenters. The lowest BCUT2D eigenvalue weighted by atomic mass is 10.0. The van der Waals surface area contributed by atoms with Gasteiger partial charge in [0.1, 0.15) is 0 Å². The number of unbranched alkanes of at least 4 members (excludes halogenated alkanes) is 15. The molecule has 0 aromatic carbocycles. The molecule has 1 heteroatoms. The highest BCUT2D eigenvalue weighted by molar-refractivity contribution is 6.35. The fourth-order valence-corrected chi connectivity index (χ4v) is 4.29. The molecule has 2 radical (unpaired) electrons. The highest BCUT2D eigenvalue weighted by atomic mass is 28.2. The van der Waals surface area contributed by atoms with Gasteiger partial charge in [-0.25, -0.2) is 0 Å². The third kappa shape index (κ3) is 22.0. The Morgan fingerprint density at radius 3 is 1.35 bits per heavy atom. The summed E-state index contributed by atoms with van der Waals surface area (Å²) in [5, 5.41) is 0. The third-order valence-corrected chi connectivity index (χ3v) is 6.08. The SMILES string of the molecule is C=CCC[Si]CCCCCCCCCCCCCCCCCC. The number of hydrogen-bond acceptors (Lipinski definition) is 0. The minimum Gasteiger partial charge on any atom is -0.103 e. The lowest BCUT2D eigenvalue weighted by molar-refractivity contribution is 0.531. The predicted molar refractivity (Wildman–Crippen MR) is 110 cm³/mol. The van der Waals surface area contributed by atoms with Crippen LogP contribution in [0.3, 0.4) is 0 Å². The molecule has 0 aliphatic rings. The largest absolute Gasteiger partial charge is 0.103 e. The fourth-order valence-electron chi connectivity index (χ4n) is 3.13. The maximum atomic E-state index is 3.78. The summed E-state index contributed by atoms with van der Waals surface area (Å²) in [7, 11) is 1.18. The Morgan fingerprint density at radius 2 is 0.957 bits per heavy atom. The normalized spacial score (nSPS) is 11.0. The summed E-state index contributed by atoms with van der Waals surface area (Å²) in [6.07, 6.45) is 26.8. The van der Waals surface area contributed by atoms with Crippen LogP contribution in [0.25, 0.3) is 0 Å². The molecule has 0 aromatic rings. The lowest BCUT2D eigenvalue weighted by Crippen LogP contribution is -1.88. The van der Waals surface area contributed by atoms with Crippen LogP contribution in [-0.4, -0.2) is 9.52 Å². The van der Waals surface area contributed by atoms with Crippen molar-refractivity contribution in [3.63, 3.8) is 0 Å². The summed E-state index contributed by atoms with van der Waals surface area (Å²) in [5.74, 6) is 0. The highest BCUT2D eigenvalue weighted by Gasteiger charge is 1.95. The molecule has 0 atom stereocenters. The first kappa shape index (κ1) is 23.0. The maximum absolute atomic E-state index is 3.78. The Labute approximate surface area is 150 Å². The van der Waals surface area contributed by atoms with Crippen molar-refractivity contribution in [2.75, 3.05) is 0 Å². The van der Waals surface area contributed by atoms with E-state index < -0.39 is 0 Å². The van der Waals surface area contributed by atoms with E-state index in [1.54, 1.807) is 0 Å². The van der Waals surface area contributed by atoms with Crippen LogP contribution in [0, 0.1) is 0 Å². The molecule has 0 N–H and O–H groups in total. The van der Waals surface area contributed by atoms with Crippen molar-refractivity contribution < 1.29 is 0 Å². The molecule has 23 heavy (non-hydrogen) atoms. The van der Waals surface area contributed by atoms with Gasteiger partial charge in [-0.1, -0.05) is 128 Å². The van der Waals surface area contributed by atoms with Crippen LogP contribution in [0.4, 0.5) is 0 Å². The van der Waals surface area contributed by atoms with Gasteiger partial charge in [-0.3, -0.25) is 0 Å². The molecule has 0 nitrogen and oxygen atoms in total. The van der Waals surface area contributed by atoms with Gasteiger partial charge in [0.2, 0.25) is 0 Å². The zero-order valence-electron chi connectivity index (χ0n) is 16.2. The highest BCUT2D eigenvalue weighted by Crippen LogP contribution is 2.14. The first-order valence-electron chi connectivity index (χ1n) is 10.7. The fraction of sp³-hybridized carbons (Fsp3) is 0.909. The van der Waals surface area contributed by atoms with Crippen molar-refractivity contribution in [3.8, 4) is 0 Å². The second-order valence-electron chi connectivity index (χ2n) is 7.13. The standard InChI is InChI=1S/C22H44Si/c1-3-5-7-8-9-10-11-12-13-14-15-16-17-18-19-20-22-23-21-6-4-2/h4H,2-3,5-22H2,1H3. The summed E-state index contributed by atoms with van der Waals surface area (Å²) < 4.78 is 0. The van der Waals surface area contributed by atoms with E-state index in [1.165, 1.54) is 131 Å². The van der Waals surface area contributed by atoms with E-state index in [0.29, 0.717) is 0 Å². The minimum atomic E-state index is 1.18. The van der Waals surface area contributed by atoms with E-state index in [4.69, 9.17) is 0 Å². The molecule has 0 aliphatic carbocycles. The van der Waals surface area contributed by atoms with Crippen LogP contribution in [0.5, 0.6) is 0 Å². The Bertz CT molecular complexity index is 212. The van der Waals surface area contributed by atoms with Gasteiger partial charge < -0.3 is 0 Å². The van der Waals surface area contributed by atoms with E-state index in [1.807, 2.05) is 0 Å². The van der Waals surface area contributed by atoms with Crippen LogP contribution < -0.4 is 0 Å². The zero-order valence-corrected chi connectivity index (χ0v) is 17.2. The predicted octanol–water partition coefficient (Wildman–Crippen LogP) is 8.36. The molecule has 0 aliphatic heterocycles. The molecular formula is C22H44Si. The molecule has 0 fully saturated rings. The first-order valence-corrected chi connectivity index (χ1v) is 12.1. The third-order valence-electron chi connectivity index (χ3n) is 4.73. The van der Waals surface area contributed by atoms with E-state index in [0.717, 1.165) is 0 Å². The van der Waals surface area contributed by atoms with Gasteiger partial charge in [0.25, 0.3) is 0 Å². The quantitative estimate of drug-likeness (QED) is 0.119. The van der Waals surface area contributed by atoms with Crippen molar-refractivity contribution in [3.05, 3.63) is 12.7 Å². The molecule has 0 spiro atoms. The monoisotopic (exact) mass is 336 g/mol. The van der Waals surface area contributed by atoms with Crippen LogP contribution in [0.15, 0.2) is 12.7 Å². The molecule has 0 saturated carbocycles. The smallest absolute Gasteiger partial charge is 0.0381 e. The molecule has 136 valence electrons.